The average molecular weight is 514 g/mol. The van der Waals surface area contributed by atoms with Gasteiger partial charge in [0.1, 0.15) is 34.4 Å². The molecule has 1 amide bonds. The summed E-state index contributed by atoms with van der Waals surface area (Å²) in [5, 5.41) is 6.52. The largest absolute Gasteiger partial charge is 0.494 e. The SMILES string of the molecule is CNC(=O)c1cc(OC)c(Nc2nc(OC3CCCC3)c3c(-c4ccc5nc(C)oc5c4)c[nH]c3n2)cn1. The van der Waals surface area contributed by atoms with Gasteiger partial charge in [0.25, 0.3) is 5.91 Å². The fraction of sp³-hybridized carbons (Fsp3) is 0.296. The van der Waals surface area contributed by atoms with Crippen molar-refractivity contribution >= 4 is 39.7 Å². The molecule has 0 radical (unpaired) electrons. The zero-order valence-corrected chi connectivity index (χ0v) is 21.3. The highest BCUT2D eigenvalue weighted by Gasteiger charge is 2.23. The molecular weight excluding hydrogens is 486 g/mol. The van der Waals surface area contributed by atoms with Gasteiger partial charge in [-0.3, -0.25) is 4.79 Å². The summed E-state index contributed by atoms with van der Waals surface area (Å²) in [4.78, 5) is 33.4. The number of nitrogens with one attached hydrogen (secondary N) is 3. The van der Waals surface area contributed by atoms with E-state index in [9.17, 15) is 4.79 Å². The second-order valence-electron chi connectivity index (χ2n) is 9.19. The maximum atomic E-state index is 12.0. The van der Waals surface area contributed by atoms with Crippen LogP contribution >= 0.6 is 0 Å². The second-order valence-corrected chi connectivity index (χ2v) is 9.19. The quantitative estimate of drug-likeness (QED) is 0.277. The van der Waals surface area contributed by atoms with Crippen molar-refractivity contribution in [3.8, 4) is 22.8 Å². The Labute approximate surface area is 218 Å². The molecular formula is C27H27N7O4. The fourth-order valence-corrected chi connectivity index (χ4v) is 4.81. The number of H-pyrrole nitrogens is 1. The van der Waals surface area contributed by atoms with E-state index < -0.39 is 0 Å². The lowest BCUT2D eigenvalue weighted by Gasteiger charge is -2.16. The predicted octanol–water partition coefficient (Wildman–Crippen LogP) is 4.90. The minimum atomic E-state index is -0.308. The standard InChI is InChI=1S/C27H27N7O4/c1-14-31-18-9-8-15(10-22(18)37-14)17-12-30-24-23(17)26(38-16-6-4-5-7-16)34-27(33-24)32-20-13-29-19(25(35)28-2)11-21(20)36-3/h8-13,16H,4-7H2,1-3H3,(H,28,35)(H2,30,32,33,34). The number of aryl methyl sites for hydroxylation is 1. The molecule has 1 aliphatic carbocycles. The Kier molecular flexibility index (Phi) is 6.02. The molecule has 0 saturated heterocycles. The number of hydrogen-bond acceptors (Lipinski definition) is 9. The zero-order valence-electron chi connectivity index (χ0n) is 21.3. The normalized spacial score (nSPS) is 13.8. The van der Waals surface area contributed by atoms with E-state index >= 15 is 0 Å². The molecule has 0 spiro atoms. The van der Waals surface area contributed by atoms with Crippen molar-refractivity contribution in [1.82, 2.24) is 30.2 Å². The molecule has 1 aliphatic rings. The van der Waals surface area contributed by atoms with Crippen LogP contribution in [0.4, 0.5) is 11.6 Å². The van der Waals surface area contributed by atoms with Crippen LogP contribution in [0.3, 0.4) is 0 Å². The summed E-state index contributed by atoms with van der Waals surface area (Å²) in [5.74, 6) is 1.55. The van der Waals surface area contributed by atoms with E-state index in [4.69, 9.17) is 23.9 Å². The third kappa shape index (κ3) is 4.36. The van der Waals surface area contributed by atoms with E-state index in [1.165, 1.54) is 13.3 Å². The van der Waals surface area contributed by atoms with Crippen molar-refractivity contribution in [2.24, 2.45) is 0 Å². The Balaban J connectivity index is 1.42. The van der Waals surface area contributed by atoms with Gasteiger partial charge < -0.3 is 29.5 Å². The molecule has 6 rings (SSSR count). The first-order chi connectivity index (χ1) is 18.5. The first kappa shape index (κ1) is 23.7. The molecule has 4 aromatic heterocycles. The van der Waals surface area contributed by atoms with Crippen LogP contribution in [0.1, 0.15) is 42.1 Å². The van der Waals surface area contributed by atoms with Crippen LogP contribution < -0.4 is 20.1 Å². The first-order valence-corrected chi connectivity index (χ1v) is 12.5. The van der Waals surface area contributed by atoms with Gasteiger partial charge in [0.05, 0.1) is 18.7 Å². The van der Waals surface area contributed by atoms with E-state index in [0.717, 1.165) is 47.7 Å². The lowest BCUT2D eigenvalue weighted by Crippen LogP contribution is -2.19. The molecule has 1 aromatic carbocycles. The number of fused-ring (bicyclic) bond motifs is 2. The number of hydrogen-bond donors (Lipinski definition) is 3. The highest BCUT2D eigenvalue weighted by Crippen LogP contribution is 2.38. The summed E-state index contributed by atoms with van der Waals surface area (Å²) in [6.07, 6.45) is 7.73. The van der Waals surface area contributed by atoms with Crippen molar-refractivity contribution in [3.05, 3.63) is 48.2 Å². The van der Waals surface area contributed by atoms with E-state index in [-0.39, 0.29) is 17.7 Å². The molecule has 0 aliphatic heterocycles. The highest BCUT2D eigenvalue weighted by molar-refractivity contribution is 5.99. The molecule has 0 atom stereocenters. The lowest BCUT2D eigenvalue weighted by molar-refractivity contribution is 0.0958. The Morgan fingerprint density at radius 2 is 2.00 bits per heavy atom. The number of pyridine rings is 1. The van der Waals surface area contributed by atoms with Gasteiger partial charge >= 0.3 is 0 Å². The van der Waals surface area contributed by atoms with E-state index in [1.54, 1.807) is 13.1 Å². The van der Waals surface area contributed by atoms with Crippen LogP contribution in [-0.2, 0) is 0 Å². The number of oxazole rings is 1. The van der Waals surface area contributed by atoms with Crippen LogP contribution in [0.25, 0.3) is 33.3 Å². The average Bonchev–Trinajstić information content (AvgIpc) is 3.67. The maximum Gasteiger partial charge on any atom is 0.269 e. The second kappa shape index (κ2) is 9.66. The monoisotopic (exact) mass is 513 g/mol. The molecule has 11 nitrogen and oxygen atoms in total. The third-order valence-electron chi connectivity index (χ3n) is 6.68. The number of rotatable bonds is 7. The Bertz CT molecular complexity index is 1650. The smallest absolute Gasteiger partial charge is 0.269 e. The Hall–Kier alpha value is -4.67. The van der Waals surface area contributed by atoms with Crippen molar-refractivity contribution in [1.29, 1.82) is 0 Å². The number of carbonyl (C=O) groups excluding carboxylic acids is 1. The Morgan fingerprint density at radius 3 is 2.79 bits per heavy atom. The van der Waals surface area contributed by atoms with Crippen molar-refractivity contribution in [2.75, 3.05) is 19.5 Å². The first-order valence-electron chi connectivity index (χ1n) is 12.5. The molecule has 194 valence electrons. The summed E-state index contributed by atoms with van der Waals surface area (Å²) >= 11 is 0. The molecule has 1 saturated carbocycles. The van der Waals surface area contributed by atoms with Crippen LogP contribution in [0.15, 0.2) is 41.1 Å². The van der Waals surface area contributed by atoms with Gasteiger partial charge in [0, 0.05) is 31.8 Å². The number of anilines is 2. The summed E-state index contributed by atoms with van der Waals surface area (Å²) < 4.78 is 17.7. The van der Waals surface area contributed by atoms with E-state index in [1.807, 2.05) is 31.3 Å². The van der Waals surface area contributed by atoms with Gasteiger partial charge in [-0.2, -0.15) is 9.97 Å². The summed E-state index contributed by atoms with van der Waals surface area (Å²) in [6.45, 7) is 1.83. The van der Waals surface area contributed by atoms with Crippen molar-refractivity contribution in [2.45, 2.75) is 38.7 Å². The topological polar surface area (TPSA) is 140 Å². The lowest BCUT2D eigenvalue weighted by atomic mass is 10.1. The number of benzene rings is 1. The molecule has 0 unspecified atom stereocenters. The number of aromatic nitrogens is 5. The van der Waals surface area contributed by atoms with E-state index in [0.29, 0.717) is 40.4 Å². The van der Waals surface area contributed by atoms with Crippen LogP contribution in [0, 0.1) is 6.92 Å². The highest BCUT2D eigenvalue weighted by atomic mass is 16.5. The number of ether oxygens (including phenoxy) is 2. The fourth-order valence-electron chi connectivity index (χ4n) is 4.81. The number of carbonyl (C=O) groups is 1. The molecule has 11 heteroatoms. The van der Waals surface area contributed by atoms with Crippen LogP contribution in [-0.4, -0.2) is 51.1 Å². The summed E-state index contributed by atoms with van der Waals surface area (Å²) in [5.41, 5.74) is 4.75. The molecule has 4 heterocycles. The number of methoxy groups -OCH3 is 1. The minimum absolute atomic E-state index is 0.0890. The van der Waals surface area contributed by atoms with Crippen LogP contribution in [0.2, 0.25) is 0 Å². The molecule has 1 fully saturated rings. The van der Waals surface area contributed by atoms with Gasteiger partial charge in [0.15, 0.2) is 11.5 Å². The zero-order chi connectivity index (χ0) is 26.2. The number of amides is 1. The van der Waals surface area contributed by atoms with Crippen molar-refractivity contribution in [3.63, 3.8) is 0 Å². The summed E-state index contributed by atoms with van der Waals surface area (Å²) in [7, 11) is 3.07. The van der Waals surface area contributed by atoms with Gasteiger partial charge in [-0.1, -0.05) is 6.07 Å². The summed E-state index contributed by atoms with van der Waals surface area (Å²) in [6, 6.07) is 7.47. The molecule has 38 heavy (non-hydrogen) atoms. The van der Waals surface area contributed by atoms with Crippen molar-refractivity contribution < 1.29 is 18.7 Å². The van der Waals surface area contributed by atoms with Gasteiger partial charge in [0.2, 0.25) is 11.8 Å². The molecule has 0 bridgehead atoms. The predicted molar refractivity (Wildman–Crippen MR) is 142 cm³/mol. The Morgan fingerprint density at radius 1 is 1.16 bits per heavy atom. The number of aromatic amines is 1. The van der Waals surface area contributed by atoms with Crippen LogP contribution in [0.5, 0.6) is 11.6 Å². The minimum Gasteiger partial charge on any atom is -0.494 e. The number of nitrogens with zero attached hydrogens (tertiary/aromatic N) is 4. The third-order valence-corrected chi connectivity index (χ3v) is 6.68. The van der Waals surface area contributed by atoms with Gasteiger partial charge in [-0.25, -0.2) is 9.97 Å². The molecule has 5 aromatic rings. The van der Waals surface area contributed by atoms with Gasteiger partial charge in [-0.15, -0.1) is 0 Å². The van der Waals surface area contributed by atoms with Gasteiger partial charge in [-0.05, 0) is 43.4 Å². The van der Waals surface area contributed by atoms with E-state index in [2.05, 4.69) is 25.6 Å². The maximum absolute atomic E-state index is 12.0. The molecule has 3 N–H and O–H groups in total.